The zero-order valence-corrected chi connectivity index (χ0v) is 12.6. The maximum atomic E-state index is 11.4. The van der Waals surface area contributed by atoms with Crippen molar-refractivity contribution < 1.29 is 17.9 Å². The van der Waals surface area contributed by atoms with Gasteiger partial charge in [-0.05, 0) is 12.1 Å². The molecule has 7 nitrogen and oxygen atoms in total. The van der Waals surface area contributed by atoms with Gasteiger partial charge in [-0.25, -0.2) is 0 Å². The molecule has 1 amide bonds. The first kappa shape index (κ1) is 17.0. The number of rotatable bonds is 6. The summed E-state index contributed by atoms with van der Waals surface area (Å²) in [6.07, 6.45) is 0. The van der Waals surface area contributed by atoms with Crippen LogP contribution in [0.25, 0.3) is 0 Å². The van der Waals surface area contributed by atoms with E-state index in [2.05, 4.69) is 16.6 Å². The Hall–Kier alpha value is -2.08. The average Bonchev–Trinajstić information content (AvgIpc) is 2.42. The molecule has 0 saturated heterocycles. The molecule has 0 bridgehead atoms. The second-order valence-corrected chi connectivity index (χ2v) is 6.08. The lowest BCUT2D eigenvalue weighted by Crippen LogP contribution is -2.35. The fourth-order valence-corrected chi connectivity index (χ4v) is 1.79. The Bertz CT molecular complexity index is 659. The second-order valence-electron chi connectivity index (χ2n) is 4.11. The molecule has 0 heterocycles. The molecule has 0 aliphatic rings. The van der Waals surface area contributed by atoms with Gasteiger partial charge in [0.2, 0.25) is 0 Å². The molecule has 0 atom stereocenters. The number of nitrogens with two attached hydrogens (primary N) is 1. The number of para-hydroxylation sites is 1. The first-order valence-electron chi connectivity index (χ1n) is 5.99. The molecule has 0 aliphatic heterocycles. The number of carbonyl (C=O) groups is 1. The van der Waals surface area contributed by atoms with Crippen molar-refractivity contribution in [1.82, 2.24) is 9.03 Å². The van der Waals surface area contributed by atoms with Crippen LogP contribution >= 0.6 is 0 Å². The van der Waals surface area contributed by atoms with Gasteiger partial charge in [0.25, 0.3) is 16.1 Å². The lowest BCUT2D eigenvalue weighted by Gasteiger charge is -2.09. The van der Waals surface area contributed by atoms with Gasteiger partial charge in [-0.1, -0.05) is 24.0 Å². The third-order valence-electron chi connectivity index (χ3n) is 2.40. The number of hydrogen-bond donors (Lipinski definition) is 2. The topological polar surface area (TPSA) is 102 Å². The molecule has 8 heteroatoms. The van der Waals surface area contributed by atoms with Gasteiger partial charge in [0, 0.05) is 14.1 Å². The molecule has 0 aromatic heterocycles. The smallest absolute Gasteiger partial charge is 0.279 e. The fraction of sp³-hybridized carbons (Fsp3) is 0.308. The van der Waals surface area contributed by atoms with Gasteiger partial charge in [-0.2, -0.15) is 17.4 Å². The predicted molar refractivity (Wildman–Crippen MR) is 78.8 cm³/mol. The SMILES string of the molecule is CN(C)S(=O)(=O)NCC#CCOc1ccccc1C(N)=O. The van der Waals surface area contributed by atoms with E-state index in [1.807, 2.05) is 0 Å². The summed E-state index contributed by atoms with van der Waals surface area (Å²) in [7, 11) is -0.644. The summed E-state index contributed by atoms with van der Waals surface area (Å²) < 4.78 is 31.4. The minimum absolute atomic E-state index is 0.0218. The van der Waals surface area contributed by atoms with Gasteiger partial charge >= 0.3 is 0 Å². The van der Waals surface area contributed by atoms with Crippen LogP contribution in [-0.4, -0.2) is 45.9 Å². The Labute approximate surface area is 124 Å². The molecule has 3 N–H and O–H groups in total. The number of ether oxygens (including phenoxy) is 1. The van der Waals surface area contributed by atoms with Crippen LogP contribution in [-0.2, 0) is 10.2 Å². The normalized spacial score (nSPS) is 10.8. The van der Waals surface area contributed by atoms with E-state index in [0.717, 1.165) is 4.31 Å². The van der Waals surface area contributed by atoms with Crippen molar-refractivity contribution in [1.29, 1.82) is 0 Å². The van der Waals surface area contributed by atoms with Crippen molar-refractivity contribution in [2.75, 3.05) is 27.2 Å². The molecule has 1 aromatic carbocycles. The summed E-state index contributed by atoms with van der Waals surface area (Å²) in [5.74, 6) is 5.00. The Morgan fingerprint density at radius 1 is 1.33 bits per heavy atom. The van der Waals surface area contributed by atoms with E-state index in [-0.39, 0.29) is 18.7 Å². The van der Waals surface area contributed by atoms with Crippen LogP contribution in [0.2, 0.25) is 0 Å². The van der Waals surface area contributed by atoms with E-state index in [1.54, 1.807) is 24.3 Å². The first-order valence-corrected chi connectivity index (χ1v) is 7.43. The van der Waals surface area contributed by atoms with Crippen LogP contribution in [0.15, 0.2) is 24.3 Å². The quantitative estimate of drug-likeness (QED) is 0.696. The van der Waals surface area contributed by atoms with Gasteiger partial charge in [0.1, 0.15) is 12.4 Å². The molecule has 0 radical (unpaired) electrons. The molecular weight excluding hydrogens is 294 g/mol. The highest BCUT2D eigenvalue weighted by Gasteiger charge is 2.10. The van der Waals surface area contributed by atoms with Crippen molar-refractivity contribution in [2.45, 2.75) is 0 Å². The van der Waals surface area contributed by atoms with Crippen LogP contribution in [0.4, 0.5) is 0 Å². The Balaban J connectivity index is 2.49. The summed E-state index contributed by atoms with van der Waals surface area (Å²) in [6.45, 7) is -0.00464. The van der Waals surface area contributed by atoms with Gasteiger partial charge in [-0.15, -0.1) is 0 Å². The van der Waals surface area contributed by atoms with Crippen molar-refractivity contribution in [3.05, 3.63) is 29.8 Å². The number of hydrogen-bond acceptors (Lipinski definition) is 4. The van der Waals surface area contributed by atoms with E-state index >= 15 is 0 Å². The third-order valence-corrected chi connectivity index (χ3v) is 3.87. The summed E-state index contributed by atoms with van der Waals surface area (Å²) in [5, 5.41) is 0. The van der Waals surface area contributed by atoms with Crippen molar-refractivity contribution in [2.24, 2.45) is 5.73 Å². The van der Waals surface area contributed by atoms with Crippen LogP contribution in [0, 0.1) is 11.8 Å². The molecule has 0 unspecified atom stereocenters. The third kappa shape index (κ3) is 5.43. The van der Waals surface area contributed by atoms with Crippen molar-refractivity contribution in [3.8, 4) is 17.6 Å². The van der Waals surface area contributed by atoms with Crippen molar-refractivity contribution >= 4 is 16.1 Å². The zero-order chi connectivity index (χ0) is 15.9. The summed E-state index contributed by atoms with van der Waals surface area (Å²) >= 11 is 0. The summed E-state index contributed by atoms with van der Waals surface area (Å²) in [6, 6.07) is 6.54. The van der Waals surface area contributed by atoms with Gasteiger partial charge in [0.15, 0.2) is 0 Å². The molecule has 1 rings (SSSR count). The van der Waals surface area contributed by atoms with E-state index in [4.69, 9.17) is 10.5 Å². The molecule has 0 aliphatic carbocycles. The van der Waals surface area contributed by atoms with E-state index < -0.39 is 16.1 Å². The second kappa shape index (κ2) is 7.64. The van der Waals surface area contributed by atoms with E-state index in [9.17, 15) is 13.2 Å². The average molecular weight is 311 g/mol. The zero-order valence-electron chi connectivity index (χ0n) is 11.8. The Morgan fingerprint density at radius 3 is 2.62 bits per heavy atom. The van der Waals surface area contributed by atoms with Gasteiger partial charge in [0.05, 0.1) is 12.1 Å². The van der Waals surface area contributed by atoms with Crippen molar-refractivity contribution in [3.63, 3.8) is 0 Å². The highest BCUT2D eigenvalue weighted by Crippen LogP contribution is 2.16. The van der Waals surface area contributed by atoms with Gasteiger partial charge in [-0.3, -0.25) is 4.79 Å². The maximum Gasteiger partial charge on any atom is 0.279 e. The van der Waals surface area contributed by atoms with E-state index in [1.165, 1.54) is 14.1 Å². The number of carbonyl (C=O) groups excluding carboxylic acids is 1. The van der Waals surface area contributed by atoms with E-state index in [0.29, 0.717) is 5.75 Å². The standard InChI is InChI=1S/C13H17N3O4S/c1-16(2)21(18,19)15-9-5-6-10-20-12-8-4-3-7-11(12)13(14)17/h3-4,7-8,15H,9-10H2,1-2H3,(H2,14,17). The molecule has 21 heavy (non-hydrogen) atoms. The monoisotopic (exact) mass is 311 g/mol. The first-order chi connectivity index (χ1) is 9.84. The van der Waals surface area contributed by atoms with Crippen LogP contribution in [0.1, 0.15) is 10.4 Å². The molecule has 114 valence electrons. The molecular formula is C13H17N3O4S. The fourth-order valence-electron chi connectivity index (χ4n) is 1.28. The summed E-state index contributed by atoms with van der Waals surface area (Å²) in [4.78, 5) is 11.2. The minimum Gasteiger partial charge on any atom is -0.480 e. The maximum absolute atomic E-state index is 11.4. The highest BCUT2D eigenvalue weighted by atomic mass is 32.2. The Kier molecular flexibility index (Phi) is 6.17. The lowest BCUT2D eigenvalue weighted by molar-refractivity contribution is 0.0997. The minimum atomic E-state index is -3.48. The summed E-state index contributed by atoms with van der Waals surface area (Å²) in [5.41, 5.74) is 5.48. The lowest BCUT2D eigenvalue weighted by atomic mass is 10.2. The number of benzene rings is 1. The molecule has 0 spiro atoms. The number of primary amides is 1. The highest BCUT2D eigenvalue weighted by molar-refractivity contribution is 7.87. The predicted octanol–water partition coefficient (Wildman–Crippen LogP) is -0.436. The molecule has 1 aromatic rings. The molecule has 0 fully saturated rings. The van der Waals surface area contributed by atoms with Gasteiger partial charge < -0.3 is 10.5 Å². The Morgan fingerprint density at radius 2 is 2.00 bits per heavy atom. The number of nitrogens with zero attached hydrogens (tertiary/aromatic N) is 1. The number of nitrogens with one attached hydrogen (secondary N) is 1. The van der Waals surface area contributed by atoms with Crippen LogP contribution in [0.3, 0.4) is 0 Å². The molecule has 0 saturated carbocycles. The largest absolute Gasteiger partial charge is 0.480 e. The number of amides is 1. The van der Waals surface area contributed by atoms with Crippen LogP contribution < -0.4 is 15.2 Å². The van der Waals surface area contributed by atoms with Crippen LogP contribution in [0.5, 0.6) is 5.75 Å².